The Hall–Kier alpha value is -0.600. The van der Waals surface area contributed by atoms with E-state index in [-0.39, 0.29) is 0 Å². The van der Waals surface area contributed by atoms with Gasteiger partial charge in [-0.3, -0.25) is 0 Å². The van der Waals surface area contributed by atoms with Gasteiger partial charge in [-0.2, -0.15) is 0 Å². The van der Waals surface area contributed by atoms with Gasteiger partial charge in [-0.05, 0) is 12.1 Å². The quantitative estimate of drug-likeness (QED) is 0.512. The summed E-state index contributed by atoms with van der Waals surface area (Å²) in [5.41, 5.74) is 0. The molecule has 0 bridgehead atoms. The average molecular weight is 224 g/mol. The molecule has 1 aromatic rings. The van der Waals surface area contributed by atoms with Crippen LogP contribution in [-0.2, 0) is 0 Å². The van der Waals surface area contributed by atoms with Crippen LogP contribution in [0.2, 0.25) is 0 Å². The van der Waals surface area contributed by atoms with E-state index < -0.39 is 0 Å². The van der Waals surface area contributed by atoms with Gasteiger partial charge >= 0.3 is 0 Å². The van der Waals surface area contributed by atoms with Gasteiger partial charge in [0.1, 0.15) is 0 Å². The second kappa shape index (κ2) is 8.97. The van der Waals surface area contributed by atoms with Crippen molar-refractivity contribution in [2.75, 3.05) is 0 Å². The second-order valence-corrected chi connectivity index (χ2v) is 4.48. The van der Waals surface area contributed by atoms with E-state index in [0.717, 1.165) is 4.91 Å². The Morgan fingerprint density at radius 3 is 2.29 bits per heavy atom. The molecular formula is C12H16S2. The van der Waals surface area contributed by atoms with E-state index >= 15 is 0 Å². The Labute approximate surface area is 94.9 Å². The second-order valence-electron chi connectivity index (χ2n) is 2.15. The topological polar surface area (TPSA) is 0 Å². The standard InChI is InChI=1S/C10H10S2.C2H6/c1-3-9(2)11-12-10-7-5-4-6-8-10;1-2/h3-8H,1-2H2;1-2H3. The molecule has 76 valence electrons. The summed E-state index contributed by atoms with van der Waals surface area (Å²) in [5.74, 6) is 0. The Morgan fingerprint density at radius 2 is 1.79 bits per heavy atom. The van der Waals surface area contributed by atoms with Crippen molar-refractivity contribution in [2.24, 2.45) is 0 Å². The Morgan fingerprint density at radius 1 is 1.21 bits per heavy atom. The molecule has 0 N–H and O–H groups in total. The summed E-state index contributed by atoms with van der Waals surface area (Å²) in [5, 5.41) is 0. The molecule has 0 nitrogen and oxygen atoms in total. The monoisotopic (exact) mass is 224 g/mol. The molecule has 14 heavy (non-hydrogen) atoms. The number of benzene rings is 1. The first kappa shape index (κ1) is 13.4. The third-order valence-electron chi connectivity index (χ3n) is 1.22. The van der Waals surface area contributed by atoms with Gasteiger partial charge in [0.25, 0.3) is 0 Å². The molecule has 1 rings (SSSR count). The minimum absolute atomic E-state index is 0.990. The van der Waals surface area contributed by atoms with Gasteiger partial charge in [0.2, 0.25) is 0 Å². The van der Waals surface area contributed by atoms with Crippen LogP contribution in [0, 0.1) is 0 Å². The van der Waals surface area contributed by atoms with E-state index in [1.165, 1.54) is 4.90 Å². The molecule has 0 aliphatic rings. The zero-order valence-corrected chi connectivity index (χ0v) is 10.3. The SMILES string of the molecule is C=CC(=C)SSc1ccccc1.CC. The summed E-state index contributed by atoms with van der Waals surface area (Å²) in [6, 6.07) is 10.2. The predicted molar refractivity (Wildman–Crippen MR) is 70.6 cm³/mol. The predicted octanol–water partition coefficient (Wildman–Crippen LogP) is 5.15. The van der Waals surface area contributed by atoms with Gasteiger partial charge in [-0.1, -0.05) is 72.9 Å². The maximum atomic E-state index is 3.81. The van der Waals surface area contributed by atoms with Gasteiger partial charge in [0.15, 0.2) is 0 Å². The number of allylic oxidation sites excluding steroid dienone is 1. The highest BCUT2D eigenvalue weighted by molar-refractivity contribution is 8.78. The summed E-state index contributed by atoms with van der Waals surface area (Å²) in [7, 11) is 3.33. The molecule has 0 saturated carbocycles. The van der Waals surface area contributed by atoms with Crippen LogP contribution in [0.25, 0.3) is 0 Å². The Bertz CT molecular complexity index is 265. The van der Waals surface area contributed by atoms with E-state index in [1.54, 1.807) is 27.7 Å². The molecule has 0 heterocycles. The fraction of sp³-hybridized carbons (Fsp3) is 0.167. The minimum atomic E-state index is 0.990. The zero-order valence-electron chi connectivity index (χ0n) is 8.69. The van der Waals surface area contributed by atoms with Crippen LogP contribution in [0.1, 0.15) is 13.8 Å². The van der Waals surface area contributed by atoms with Crippen LogP contribution in [0.5, 0.6) is 0 Å². The van der Waals surface area contributed by atoms with Gasteiger partial charge < -0.3 is 0 Å². The van der Waals surface area contributed by atoms with E-state index in [2.05, 4.69) is 25.3 Å². The van der Waals surface area contributed by atoms with Crippen LogP contribution in [0.15, 0.2) is 59.4 Å². The lowest BCUT2D eigenvalue weighted by molar-refractivity contribution is 1.48. The molecule has 0 aliphatic heterocycles. The van der Waals surface area contributed by atoms with Crippen molar-refractivity contribution in [3.05, 3.63) is 54.5 Å². The first-order valence-electron chi connectivity index (χ1n) is 4.54. The van der Waals surface area contributed by atoms with Gasteiger partial charge in [-0.25, -0.2) is 0 Å². The molecule has 0 aliphatic carbocycles. The van der Waals surface area contributed by atoms with Crippen LogP contribution >= 0.6 is 21.6 Å². The Balaban J connectivity index is 0.000000791. The molecule has 0 radical (unpaired) electrons. The van der Waals surface area contributed by atoms with Crippen molar-refractivity contribution < 1.29 is 0 Å². The lowest BCUT2D eigenvalue weighted by Gasteiger charge is -1.98. The molecule has 0 saturated heterocycles. The smallest absolute Gasteiger partial charge is 0.0186 e. The maximum Gasteiger partial charge on any atom is 0.0186 e. The summed E-state index contributed by atoms with van der Waals surface area (Å²) in [6.45, 7) is 11.5. The number of rotatable bonds is 4. The lowest BCUT2D eigenvalue weighted by atomic mass is 10.4. The lowest BCUT2D eigenvalue weighted by Crippen LogP contribution is -1.65. The zero-order chi connectivity index (χ0) is 10.8. The van der Waals surface area contributed by atoms with E-state index in [0.29, 0.717) is 0 Å². The molecule has 1 aromatic carbocycles. The molecule has 0 unspecified atom stereocenters. The summed E-state index contributed by atoms with van der Waals surface area (Å²) < 4.78 is 0. The van der Waals surface area contributed by atoms with Crippen molar-refractivity contribution in [3.63, 3.8) is 0 Å². The van der Waals surface area contributed by atoms with Crippen molar-refractivity contribution in [3.8, 4) is 0 Å². The first-order chi connectivity index (χ1) is 6.83. The molecule has 0 amide bonds. The Kier molecular flexibility index (Phi) is 8.59. The fourth-order valence-corrected chi connectivity index (χ4v) is 2.30. The third kappa shape index (κ3) is 5.95. The maximum absolute atomic E-state index is 3.81. The van der Waals surface area contributed by atoms with E-state index in [1.807, 2.05) is 32.0 Å². The van der Waals surface area contributed by atoms with E-state index in [9.17, 15) is 0 Å². The van der Waals surface area contributed by atoms with Gasteiger partial charge in [0.05, 0.1) is 0 Å². The minimum Gasteiger partial charge on any atom is -0.0979 e. The van der Waals surface area contributed by atoms with Crippen molar-refractivity contribution in [1.82, 2.24) is 0 Å². The summed E-state index contributed by atoms with van der Waals surface area (Å²) >= 11 is 0. The van der Waals surface area contributed by atoms with Crippen molar-refractivity contribution in [1.29, 1.82) is 0 Å². The largest absolute Gasteiger partial charge is 0.0979 e. The molecular weight excluding hydrogens is 208 g/mol. The first-order valence-corrected chi connectivity index (χ1v) is 6.69. The van der Waals surface area contributed by atoms with Crippen LogP contribution in [0.4, 0.5) is 0 Å². The van der Waals surface area contributed by atoms with Crippen LogP contribution in [-0.4, -0.2) is 0 Å². The van der Waals surface area contributed by atoms with Crippen molar-refractivity contribution in [2.45, 2.75) is 18.7 Å². The molecule has 0 fully saturated rings. The fourth-order valence-electron chi connectivity index (χ4n) is 0.612. The molecule has 0 atom stereocenters. The highest BCUT2D eigenvalue weighted by Crippen LogP contribution is 2.35. The van der Waals surface area contributed by atoms with E-state index in [4.69, 9.17) is 0 Å². The van der Waals surface area contributed by atoms with Crippen LogP contribution in [0.3, 0.4) is 0 Å². The number of hydrogen-bond acceptors (Lipinski definition) is 2. The van der Waals surface area contributed by atoms with Gasteiger partial charge in [0, 0.05) is 9.80 Å². The number of hydrogen-bond donors (Lipinski definition) is 0. The van der Waals surface area contributed by atoms with Crippen LogP contribution < -0.4 is 0 Å². The third-order valence-corrected chi connectivity index (χ3v) is 3.61. The molecule has 2 heteroatoms. The highest BCUT2D eigenvalue weighted by Gasteiger charge is 1.93. The highest BCUT2D eigenvalue weighted by atomic mass is 33.1. The normalized spacial score (nSPS) is 8.43. The molecule has 0 spiro atoms. The van der Waals surface area contributed by atoms with Crippen molar-refractivity contribution >= 4 is 21.6 Å². The van der Waals surface area contributed by atoms with Gasteiger partial charge in [-0.15, -0.1) is 0 Å². The summed E-state index contributed by atoms with van der Waals surface area (Å²) in [4.78, 5) is 2.23. The summed E-state index contributed by atoms with van der Waals surface area (Å²) in [6.07, 6.45) is 1.76. The molecule has 0 aromatic heterocycles. The average Bonchev–Trinajstić information content (AvgIpc) is 2.30.